The Balaban J connectivity index is 2.28. The van der Waals surface area contributed by atoms with Gasteiger partial charge in [-0.05, 0) is 29.5 Å². The Morgan fingerprint density at radius 2 is 1.86 bits per heavy atom. The molecule has 0 spiro atoms. The number of hydrogen-bond acceptors (Lipinski definition) is 7. The van der Waals surface area contributed by atoms with Crippen LogP contribution < -0.4 is 15.2 Å². The van der Waals surface area contributed by atoms with E-state index < -0.39 is 5.92 Å². The molecule has 0 bridgehead atoms. The summed E-state index contributed by atoms with van der Waals surface area (Å²) in [7, 11) is 6.84. The first kappa shape index (κ1) is 20.7. The van der Waals surface area contributed by atoms with Crippen molar-refractivity contribution in [3.63, 3.8) is 0 Å². The van der Waals surface area contributed by atoms with Crippen molar-refractivity contribution >= 4 is 5.78 Å². The minimum atomic E-state index is -0.533. The maximum atomic E-state index is 13.3. The van der Waals surface area contributed by atoms with Crippen LogP contribution in [-0.2, 0) is 4.79 Å². The third-order valence-electron chi connectivity index (χ3n) is 5.49. The quantitative estimate of drug-likeness (QED) is 0.836. The van der Waals surface area contributed by atoms with Gasteiger partial charge in [0.15, 0.2) is 17.3 Å². The molecule has 0 aromatic heterocycles. The molecule has 1 aromatic carbocycles. The van der Waals surface area contributed by atoms with E-state index in [4.69, 9.17) is 15.2 Å². The lowest BCUT2D eigenvalue weighted by molar-refractivity contribution is -0.119. The molecule has 1 aliphatic heterocycles. The normalized spacial score (nSPS) is 21.2. The van der Waals surface area contributed by atoms with Gasteiger partial charge in [0.2, 0.25) is 0 Å². The van der Waals surface area contributed by atoms with Crippen molar-refractivity contribution < 1.29 is 14.3 Å². The molecule has 1 atom stereocenters. The van der Waals surface area contributed by atoms with Crippen LogP contribution in [0.5, 0.6) is 11.5 Å². The monoisotopic (exact) mass is 396 g/mol. The van der Waals surface area contributed by atoms with Gasteiger partial charge >= 0.3 is 0 Å². The number of allylic oxidation sites excluding steroid dienone is 3. The third-order valence-corrected chi connectivity index (χ3v) is 5.49. The number of benzene rings is 1. The molecule has 1 heterocycles. The van der Waals surface area contributed by atoms with Crippen LogP contribution >= 0.6 is 0 Å². The average molecular weight is 396 g/mol. The van der Waals surface area contributed by atoms with Crippen LogP contribution in [0.2, 0.25) is 0 Å². The van der Waals surface area contributed by atoms with Crippen LogP contribution in [0.3, 0.4) is 0 Å². The summed E-state index contributed by atoms with van der Waals surface area (Å²) >= 11 is 0. The van der Waals surface area contributed by atoms with E-state index in [2.05, 4.69) is 19.9 Å². The largest absolute Gasteiger partial charge is 0.493 e. The predicted molar refractivity (Wildman–Crippen MR) is 110 cm³/mol. The van der Waals surface area contributed by atoms with Crippen LogP contribution in [0, 0.1) is 16.7 Å². The summed E-state index contributed by atoms with van der Waals surface area (Å²) in [5.41, 5.74) is 8.91. The maximum absolute atomic E-state index is 13.3. The second-order valence-corrected chi connectivity index (χ2v) is 8.42. The van der Waals surface area contributed by atoms with Gasteiger partial charge in [0.25, 0.3) is 0 Å². The average Bonchev–Trinajstić information content (AvgIpc) is 2.65. The van der Waals surface area contributed by atoms with Crippen LogP contribution in [0.1, 0.15) is 38.2 Å². The van der Waals surface area contributed by atoms with Gasteiger partial charge in [0.05, 0.1) is 31.8 Å². The predicted octanol–water partition coefficient (Wildman–Crippen LogP) is 2.92. The van der Waals surface area contributed by atoms with Gasteiger partial charge in [-0.2, -0.15) is 5.26 Å². The number of methoxy groups -OCH3 is 2. The van der Waals surface area contributed by atoms with E-state index in [1.807, 2.05) is 31.2 Å². The zero-order valence-corrected chi connectivity index (χ0v) is 17.9. The molecule has 0 saturated carbocycles. The minimum absolute atomic E-state index is 0.0446. The first-order valence-corrected chi connectivity index (χ1v) is 9.50. The van der Waals surface area contributed by atoms with E-state index in [0.717, 1.165) is 11.3 Å². The molecule has 3 rings (SSSR count). The fourth-order valence-corrected chi connectivity index (χ4v) is 4.31. The summed E-state index contributed by atoms with van der Waals surface area (Å²) in [6.07, 6.45) is 1.12. The van der Waals surface area contributed by atoms with Gasteiger partial charge in [-0.1, -0.05) is 19.9 Å². The number of ketones is 1. The van der Waals surface area contributed by atoms with Crippen LogP contribution in [0.25, 0.3) is 0 Å². The SMILES string of the molecule is COc1ccc(C2C(C#N)=C(N)N(N(C)C)C3=C2C(=O)CC(C)(C)C3)cc1OC. The molecule has 1 aromatic rings. The number of Topliss-reactive ketones (excluding diaryl/α,β-unsaturated/α-hetero) is 1. The zero-order chi connectivity index (χ0) is 21.5. The standard InChI is InChI=1S/C22H28N4O3/c1-22(2)10-15-20(16(27)11-22)19(14(12-23)21(24)26(15)25(3)4)13-7-8-17(28-5)18(9-13)29-6/h7-9,19H,10-11,24H2,1-6H3. The smallest absolute Gasteiger partial charge is 0.162 e. The Bertz CT molecular complexity index is 953. The summed E-state index contributed by atoms with van der Waals surface area (Å²) < 4.78 is 10.8. The summed E-state index contributed by atoms with van der Waals surface area (Å²) in [4.78, 5) is 13.3. The fraction of sp³-hybridized carbons (Fsp3) is 0.455. The van der Waals surface area contributed by atoms with Gasteiger partial charge in [0.1, 0.15) is 5.82 Å². The van der Waals surface area contributed by atoms with Gasteiger partial charge in [-0.3, -0.25) is 9.80 Å². The lowest BCUT2D eigenvalue weighted by Gasteiger charge is -2.45. The molecule has 0 fully saturated rings. The number of hydrazine groups is 1. The highest BCUT2D eigenvalue weighted by atomic mass is 16.5. The third kappa shape index (κ3) is 3.45. The number of carbonyl (C=O) groups is 1. The van der Waals surface area contributed by atoms with Crippen LogP contribution in [-0.4, -0.2) is 44.1 Å². The highest BCUT2D eigenvalue weighted by Crippen LogP contribution is 2.49. The van der Waals surface area contributed by atoms with Crippen molar-refractivity contribution in [1.82, 2.24) is 10.0 Å². The highest BCUT2D eigenvalue weighted by Gasteiger charge is 2.45. The molecule has 1 unspecified atom stereocenters. The van der Waals surface area contributed by atoms with E-state index >= 15 is 0 Å². The topological polar surface area (TPSA) is 91.8 Å². The summed E-state index contributed by atoms with van der Waals surface area (Å²) in [5.74, 6) is 0.989. The van der Waals surface area contributed by atoms with Gasteiger partial charge < -0.3 is 15.2 Å². The van der Waals surface area contributed by atoms with Gasteiger partial charge in [-0.25, -0.2) is 5.01 Å². The Morgan fingerprint density at radius 1 is 1.21 bits per heavy atom. The second-order valence-electron chi connectivity index (χ2n) is 8.42. The van der Waals surface area contributed by atoms with Crippen molar-refractivity contribution in [2.75, 3.05) is 28.3 Å². The molecule has 0 amide bonds. The molecule has 0 saturated heterocycles. The number of nitrogens with two attached hydrogens (primary N) is 1. The molecule has 7 nitrogen and oxygen atoms in total. The van der Waals surface area contributed by atoms with Crippen molar-refractivity contribution in [2.24, 2.45) is 11.1 Å². The Hall–Kier alpha value is -2.98. The van der Waals surface area contributed by atoms with Gasteiger partial charge in [0, 0.05) is 31.8 Å². The summed E-state index contributed by atoms with van der Waals surface area (Å²) in [6, 6.07) is 7.72. The molecule has 7 heteroatoms. The molecule has 29 heavy (non-hydrogen) atoms. The van der Waals surface area contributed by atoms with Crippen LogP contribution in [0.4, 0.5) is 0 Å². The number of hydrogen-bond donors (Lipinski definition) is 1. The first-order chi connectivity index (χ1) is 13.6. The first-order valence-electron chi connectivity index (χ1n) is 9.50. The molecule has 2 N–H and O–H groups in total. The molecule has 0 radical (unpaired) electrons. The molecular formula is C22H28N4O3. The number of rotatable bonds is 4. The number of ether oxygens (including phenoxy) is 2. The van der Waals surface area contributed by atoms with E-state index in [9.17, 15) is 10.1 Å². The Morgan fingerprint density at radius 3 is 2.41 bits per heavy atom. The van der Waals surface area contributed by atoms with E-state index in [1.54, 1.807) is 25.3 Å². The summed E-state index contributed by atoms with van der Waals surface area (Å²) in [5, 5.41) is 13.6. The lowest BCUT2D eigenvalue weighted by Crippen LogP contribution is -2.47. The van der Waals surface area contributed by atoms with Crippen molar-refractivity contribution in [2.45, 2.75) is 32.6 Å². The van der Waals surface area contributed by atoms with E-state index in [0.29, 0.717) is 41.3 Å². The van der Waals surface area contributed by atoms with Crippen molar-refractivity contribution in [1.29, 1.82) is 5.26 Å². The molecule has 1 aliphatic carbocycles. The number of nitriles is 1. The Labute approximate surface area is 171 Å². The molecule has 2 aliphatic rings. The second kappa shape index (κ2) is 7.45. The van der Waals surface area contributed by atoms with Gasteiger partial charge in [-0.15, -0.1) is 0 Å². The Kier molecular flexibility index (Phi) is 5.33. The zero-order valence-electron chi connectivity index (χ0n) is 17.9. The van der Waals surface area contributed by atoms with E-state index in [1.165, 1.54) is 0 Å². The minimum Gasteiger partial charge on any atom is -0.493 e. The lowest BCUT2D eigenvalue weighted by atomic mass is 9.69. The van der Waals surface area contributed by atoms with Crippen molar-refractivity contribution in [3.8, 4) is 17.6 Å². The summed E-state index contributed by atoms with van der Waals surface area (Å²) in [6.45, 7) is 4.15. The van der Waals surface area contributed by atoms with E-state index in [-0.39, 0.29) is 11.2 Å². The molecular weight excluding hydrogens is 368 g/mol. The highest BCUT2D eigenvalue weighted by molar-refractivity contribution is 6.00. The molecule has 154 valence electrons. The van der Waals surface area contributed by atoms with Crippen molar-refractivity contribution in [3.05, 3.63) is 46.4 Å². The maximum Gasteiger partial charge on any atom is 0.162 e. The van der Waals surface area contributed by atoms with Crippen LogP contribution in [0.15, 0.2) is 40.9 Å². The number of nitrogens with zero attached hydrogens (tertiary/aromatic N) is 3. The fourth-order valence-electron chi connectivity index (χ4n) is 4.31. The number of carbonyl (C=O) groups excluding carboxylic acids is 1.